The van der Waals surface area contributed by atoms with E-state index >= 15 is 0 Å². The fraction of sp³-hybridized carbons (Fsp3) is 0. The van der Waals surface area contributed by atoms with Crippen molar-refractivity contribution in [2.24, 2.45) is 0 Å². The maximum Gasteiger partial charge on any atom is 0.135 e. The highest BCUT2D eigenvalue weighted by atomic mass is 16.3. The van der Waals surface area contributed by atoms with Gasteiger partial charge in [-0.1, -0.05) is 103 Å². The second-order valence-corrected chi connectivity index (χ2v) is 13.3. The highest BCUT2D eigenvalue weighted by Gasteiger charge is 2.23. The Hall–Kier alpha value is -6.78. The van der Waals surface area contributed by atoms with Crippen molar-refractivity contribution in [1.82, 2.24) is 8.80 Å². The lowest BCUT2D eigenvalue weighted by molar-refractivity contribution is 0.669. The van der Waals surface area contributed by atoms with Crippen LogP contribution in [0.25, 0.3) is 87.4 Å². The lowest BCUT2D eigenvalue weighted by atomic mass is 10.1. The van der Waals surface area contributed by atoms with E-state index in [0.29, 0.717) is 0 Å². The molecule has 0 aliphatic heterocycles. The van der Waals surface area contributed by atoms with E-state index in [9.17, 15) is 0 Å². The fourth-order valence-corrected chi connectivity index (χ4v) is 8.70. The predicted molar refractivity (Wildman–Crippen MR) is 209 cm³/mol. The standard InChI is InChI=1S/C46H27N3O/c1-2-12-31-28(10-1)11-9-18-38(31)47(29-21-25-44-37(26-29)34-15-5-8-19-43(34)50-44)30-20-24-41-42(27-30)49-40-17-7-4-14-33(40)36-23-22-35-32-13-3-6-16-39(32)48(41)45(35)46(36)49/h1-27H. The number of nitrogens with zero attached hydrogens (tertiary/aromatic N) is 3. The molecule has 0 unspecified atom stereocenters. The molecule has 8 aromatic carbocycles. The van der Waals surface area contributed by atoms with Crippen molar-refractivity contribution in [3.8, 4) is 0 Å². The maximum atomic E-state index is 6.27. The van der Waals surface area contributed by atoms with Crippen LogP contribution in [0, 0.1) is 0 Å². The van der Waals surface area contributed by atoms with Gasteiger partial charge in [-0.3, -0.25) is 0 Å². The van der Waals surface area contributed by atoms with Gasteiger partial charge in [-0.15, -0.1) is 0 Å². The minimum atomic E-state index is 0.888. The number of benzene rings is 8. The van der Waals surface area contributed by atoms with E-state index in [1.807, 2.05) is 12.1 Å². The number of para-hydroxylation sites is 3. The zero-order valence-electron chi connectivity index (χ0n) is 26.8. The van der Waals surface area contributed by atoms with E-state index in [1.165, 1.54) is 59.9 Å². The quantitative estimate of drug-likeness (QED) is 0.180. The first-order chi connectivity index (χ1) is 24.8. The lowest BCUT2D eigenvalue weighted by Crippen LogP contribution is -2.11. The Balaban J connectivity index is 1.24. The van der Waals surface area contributed by atoms with Gasteiger partial charge in [0.25, 0.3) is 0 Å². The van der Waals surface area contributed by atoms with E-state index in [1.54, 1.807) is 0 Å². The summed E-state index contributed by atoms with van der Waals surface area (Å²) in [6.07, 6.45) is 0. The Bertz CT molecular complexity index is 3340. The second kappa shape index (κ2) is 9.43. The number of hydrogen-bond acceptors (Lipinski definition) is 2. The van der Waals surface area contributed by atoms with Gasteiger partial charge >= 0.3 is 0 Å². The number of rotatable bonds is 3. The SMILES string of the molecule is c1ccc2c(N(c3ccc4oc5ccccc5c4c3)c3ccc4c(c3)n3c5ccccc5c5ccc6c7ccccc7n4c6c53)cccc2c1. The van der Waals surface area contributed by atoms with Gasteiger partial charge in [0.15, 0.2) is 0 Å². The molecule has 0 aliphatic carbocycles. The van der Waals surface area contributed by atoms with Crippen LogP contribution in [0.2, 0.25) is 0 Å². The van der Waals surface area contributed by atoms with Crippen LogP contribution in [-0.2, 0) is 0 Å². The molecule has 4 nitrogen and oxygen atoms in total. The Morgan fingerprint density at radius 1 is 0.360 bits per heavy atom. The molecule has 0 aliphatic rings. The van der Waals surface area contributed by atoms with E-state index in [-0.39, 0.29) is 0 Å². The highest BCUT2D eigenvalue weighted by molar-refractivity contribution is 6.25. The number of fused-ring (bicyclic) bond motifs is 13. The first-order valence-corrected chi connectivity index (χ1v) is 17.1. The first-order valence-electron chi connectivity index (χ1n) is 17.1. The van der Waals surface area contributed by atoms with Crippen molar-refractivity contribution in [2.45, 2.75) is 0 Å². The van der Waals surface area contributed by atoms with E-state index in [4.69, 9.17) is 4.42 Å². The van der Waals surface area contributed by atoms with Crippen molar-refractivity contribution in [1.29, 1.82) is 0 Å². The first kappa shape index (κ1) is 26.2. The summed E-state index contributed by atoms with van der Waals surface area (Å²) in [4.78, 5) is 2.41. The number of furan rings is 1. The van der Waals surface area contributed by atoms with Gasteiger partial charge in [0.1, 0.15) is 11.2 Å². The Morgan fingerprint density at radius 3 is 1.72 bits per heavy atom. The molecule has 0 amide bonds. The molecule has 12 rings (SSSR count). The number of hydrogen-bond donors (Lipinski definition) is 0. The summed E-state index contributed by atoms with van der Waals surface area (Å²) >= 11 is 0. The molecule has 0 spiro atoms. The Labute approximate surface area is 285 Å². The summed E-state index contributed by atoms with van der Waals surface area (Å²) < 4.78 is 11.3. The van der Waals surface area contributed by atoms with Crippen LogP contribution in [0.5, 0.6) is 0 Å². The summed E-state index contributed by atoms with van der Waals surface area (Å²) in [5, 5.41) is 9.72. The molecule has 0 saturated carbocycles. The molecule has 4 heterocycles. The van der Waals surface area contributed by atoms with Crippen LogP contribution in [0.4, 0.5) is 17.1 Å². The van der Waals surface area contributed by atoms with Gasteiger partial charge in [-0.2, -0.15) is 0 Å². The average molecular weight is 638 g/mol. The Kier molecular flexibility index (Phi) is 4.94. The largest absolute Gasteiger partial charge is 0.456 e. The van der Waals surface area contributed by atoms with Crippen molar-refractivity contribution in [3.05, 3.63) is 164 Å². The van der Waals surface area contributed by atoms with Crippen molar-refractivity contribution < 1.29 is 4.42 Å². The van der Waals surface area contributed by atoms with Crippen molar-refractivity contribution >= 4 is 104 Å². The molecule has 50 heavy (non-hydrogen) atoms. The van der Waals surface area contributed by atoms with Gasteiger partial charge < -0.3 is 18.1 Å². The lowest BCUT2D eigenvalue weighted by Gasteiger charge is -2.27. The molecule has 4 heteroatoms. The van der Waals surface area contributed by atoms with Crippen LogP contribution in [0.1, 0.15) is 0 Å². The third-order valence-corrected chi connectivity index (χ3v) is 10.8. The van der Waals surface area contributed by atoms with Crippen LogP contribution >= 0.6 is 0 Å². The van der Waals surface area contributed by atoms with Crippen molar-refractivity contribution in [2.75, 3.05) is 4.90 Å². The zero-order chi connectivity index (χ0) is 32.5. The van der Waals surface area contributed by atoms with E-state index < -0.39 is 0 Å². The van der Waals surface area contributed by atoms with Gasteiger partial charge in [0, 0.05) is 49.1 Å². The van der Waals surface area contributed by atoms with Gasteiger partial charge in [0.2, 0.25) is 0 Å². The average Bonchev–Trinajstić information content (AvgIpc) is 3.83. The molecule has 12 aromatic rings. The molecule has 0 fully saturated rings. The molecular weight excluding hydrogens is 611 g/mol. The van der Waals surface area contributed by atoms with E-state index in [0.717, 1.165) is 44.5 Å². The molecule has 0 radical (unpaired) electrons. The molecule has 0 bridgehead atoms. The third kappa shape index (κ3) is 3.30. The Morgan fingerprint density at radius 2 is 0.940 bits per heavy atom. The van der Waals surface area contributed by atoms with Crippen molar-refractivity contribution in [3.63, 3.8) is 0 Å². The summed E-state index contributed by atoms with van der Waals surface area (Å²) in [5.74, 6) is 0. The smallest absolute Gasteiger partial charge is 0.135 e. The normalized spacial score (nSPS) is 12.4. The third-order valence-electron chi connectivity index (χ3n) is 10.8. The number of anilines is 3. The summed E-state index contributed by atoms with van der Waals surface area (Å²) in [5.41, 5.74) is 12.4. The molecule has 0 atom stereocenters. The summed E-state index contributed by atoms with van der Waals surface area (Å²) in [6.45, 7) is 0. The topological polar surface area (TPSA) is 25.2 Å². The van der Waals surface area contributed by atoms with E-state index in [2.05, 4.69) is 165 Å². The van der Waals surface area contributed by atoms with Crippen LogP contribution < -0.4 is 4.90 Å². The molecule has 4 aromatic heterocycles. The fourth-order valence-electron chi connectivity index (χ4n) is 8.70. The molecule has 0 saturated heterocycles. The monoisotopic (exact) mass is 637 g/mol. The van der Waals surface area contributed by atoms with Crippen LogP contribution in [0.3, 0.4) is 0 Å². The van der Waals surface area contributed by atoms with Gasteiger partial charge in [-0.05, 0) is 66.0 Å². The molecule has 232 valence electrons. The van der Waals surface area contributed by atoms with Gasteiger partial charge in [-0.25, -0.2) is 0 Å². The zero-order valence-corrected chi connectivity index (χ0v) is 26.8. The number of aromatic nitrogens is 2. The predicted octanol–water partition coefficient (Wildman–Crippen LogP) is 12.8. The van der Waals surface area contributed by atoms with Gasteiger partial charge in [0.05, 0.1) is 38.8 Å². The minimum absolute atomic E-state index is 0.888. The van der Waals surface area contributed by atoms with Crippen LogP contribution in [-0.4, -0.2) is 8.80 Å². The highest BCUT2D eigenvalue weighted by Crippen LogP contribution is 2.45. The minimum Gasteiger partial charge on any atom is -0.456 e. The van der Waals surface area contributed by atoms with Crippen LogP contribution in [0.15, 0.2) is 168 Å². The summed E-state index contributed by atoms with van der Waals surface area (Å²) in [6, 6.07) is 59.4. The second-order valence-electron chi connectivity index (χ2n) is 13.3. The molecular formula is C46H27N3O. The molecule has 0 N–H and O–H groups in total. The summed E-state index contributed by atoms with van der Waals surface area (Å²) in [7, 11) is 0. The maximum absolute atomic E-state index is 6.27.